The second-order valence-corrected chi connectivity index (χ2v) is 5.31. The van der Waals surface area contributed by atoms with Crippen LogP contribution in [-0.2, 0) is 0 Å². The lowest BCUT2D eigenvalue weighted by Gasteiger charge is -2.06. The molecule has 0 aliphatic carbocycles. The highest BCUT2D eigenvalue weighted by Gasteiger charge is 2.16. The van der Waals surface area contributed by atoms with Gasteiger partial charge in [0, 0.05) is 5.02 Å². The van der Waals surface area contributed by atoms with Gasteiger partial charge in [-0.25, -0.2) is 4.79 Å². The van der Waals surface area contributed by atoms with Gasteiger partial charge in [-0.05, 0) is 29.6 Å². The molecule has 0 saturated carbocycles. The van der Waals surface area contributed by atoms with E-state index < -0.39 is 11.9 Å². The van der Waals surface area contributed by atoms with Crippen LogP contribution in [0.1, 0.15) is 20.7 Å². The molecule has 4 nitrogen and oxygen atoms in total. The van der Waals surface area contributed by atoms with E-state index >= 15 is 0 Å². The molecule has 0 radical (unpaired) electrons. The number of carbonyl (C=O) groups excluding carboxylic acids is 1. The maximum atomic E-state index is 12.0. The Kier molecular flexibility index (Phi) is 4.09. The van der Waals surface area contributed by atoms with Crippen molar-refractivity contribution in [2.45, 2.75) is 0 Å². The van der Waals surface area contributed by atoms with Gasteiger partial charge in [-0.3, -0.25) is 4.79 Å². The van der Waals surface area contributed by atoms with E-state index in [1.54, 1.807) is 11.4 Å². The SMILES string of the molecule is O=C(Nc1sccc1C(=O)O)c1cc(Cl)ccc1Cl. The second kappa shape index (κ2) is 5.61. The van der Waals surface area contributed by atoms with Crippen molar-refractivity contribution in [2.24, 2.45) is 0 Å². The lowest BCUT2D eigenvalue weighted by Crippen LogP contribution is -2.13. The minimum Gasteiger partial charge on any atom is -0.478 e. The number of rotatable bonds is 3. The number of aromatic carboxylic acids is 1. The first-order valence-electron chi connectivity index (χ1n) is 5.06. The van der Waals surface area contributed by atoms with Gasteiger partial charge in [0.25, 0.3) is 5.91 Å². The summed E-state index contributed by atoms with van der Waals surface area (Å²) in [6, 6.07) is 5.91. The van der Waals surface area contributed by atoms with E-state index in [2.05, 4.69) is 5.32 Å². The summed E-state index contributed by atoms with van der Waals surface area (Å²) in [5.41, 5.74) is 0.232. The number of amides is 1. The Morgan fingerprint density at radius 3 is 2.58 bits per heavy atom. The molecule has 2 rings (SSSR count). The minimum atomic E-state index is -1.10. The molecule has 0 spiro atoms. The van der Waals surface area contributed by atoms with E-state index in [4.69, 9.17) is 28.3 Å². The summed E-state index contributed by atoms with van der Waals surface area (Å²) in [5, 5.41) is 13.9. The fourth-order valence-corrected chi connectivity index (χ4v) is 2.57. The van der Waals surface area contributed by atoms with Crippen molar-refractivity contribution < 1.29 is 14.7 Å². The molecule has 0 saturated heterocycles. The van der Waals surface area contributed by atoms with Crippen LogP contribution >= 0.6 is 34.5 Å². The molecule has 0 fully saturated rings. The predicted octanol–water partition coefficient (Wildman–Crippen LogP) is 4.01. The Morgan fingerprint density at radius 2 is 1.89 bits per heavy atom. The summed E-state index contributed by atoms with van der Waals surface area (Å²) in [5.74, 6) is -1.61. The molecule has 1 aromatic heterocycles. The fourth-order valence-electron chi connectivity index (χ4n) is 1.42. The van der Waals surface area contributed by atoms with Crippen LogP contribution in [0.5, 0.6) is 0 Å². The van der Waals surface area contributed by atoms with E-state index in [1.807, 2.05) is 0 Å². The maximum Gasteiger partial charge on any atom is 0.338 e. The second-order valence-electron chi connectivity index (χ2n) is 3.55. The number of carboxylic acid groups (broad SMARTS) is 1. The third-order valence-electron chi connectivity index (χ3n) is 2.30. The average molecular weight is 316 g/mol. The molecule has 0 aliphatic rings. The fraction of sp³-hybridized carbons (Fsp3) is 0. The van der Waals surface area contributed by atoms with Crippen molar-refractivity contribution >= 4 is 51.4 Å². The number of nitrogens with one attached hydrogen (secondary N) is 1. The smallest absolute Gasteiger partial charge is 0.338 e. The predicted molar refractivity (Wildman–Crippen MR) is 75.7 cm³/mol. The Hall–Kier alpha value is -1.56. The Morgan fingerprint density at radius 1 is 1.16 bits per heavy atom. The van der Waals surface area contributed by atoms with Gasteiger partial charge < -0.3 is 10.4 Å². The zero-order valence-corrected chi connectivity index (χ0v) is 11.6. The number of halogens is 2. The first-order chi connectivity index (χ1) is 8.99. The quantitative estimate of drug-likeness (QED) is 0.899. The highest BCUT2D eigenvalue weighted by molar-refractivity contribution is 7.14. The molecule has 1 aromatic carbocycles. The number of hydrogen-bond donors (Lipinski definition) is 2. The molecular formula is C12H7Cl2NO3S. The lowest BCUT2D eigenvalue weighted by atomic mass is 10.2. The zero-order valence-electron chi connectivity index (χ0n) is 9.31. The summed E-state index contributed by atoms with van der Waals surface area (Å²) >= 11 is 12.8. The summed E-state index contributed by atoms with van der Waals surface area (Å²) in [6.45, 7) is 0. The van der Waals surface area contributed by atoms with Gasteiger partial charge >= 0.3 is 5.97 Å². The summed E-state index contributed by atoms with van der Waals surface area (Å²) in [7, 11) is 0. The minimum absolute atomic E-state index is 0.0384. The number of carboxylic acids is 1. The van der Waals surface area contributed by atoms with Crippen LogP contribution in [-0.4, -0.2) is 17.0 Å². The molecule has 1 amide bonds. The van der Waals surface area contributed by atoms with Crippen molar-refractivity contribution in [3.8, 4) is 0 Å². The molecule has 2 aromatic rings. The van der Waals surface area contributed by atoms with Crippen LogP contribution in [0.4, 0.5) is 5.00 Å². The average Bonchev–Trinajstić information content (AvgIpc) is 2.80. The Bertz CT molecular complexity index is 654. The van der Waals surface area contributed by atoms with E-state index in [0.717, 1.165) is 11.3 Å². The van der Waals surface area contributed by atoms with E-state index in [-0.39, 0.29) is 21.2 Å². The molecule has 19 heavy (non-hydrogen) atoms. The Balaban J connectivity index is 2.28. The normalized spacial score (nSPS) is 10.2. The van der Waals surface area contributed by atoms with Crippen molar-refractivity contribution in [2.75, 3.05) is 5.32 Å². The van der Waals surface area contributed by atoms with Gasteiger partial charge in [-0.15, -0.1) is 11.3 Å². The molecular weight excluding hydrogens is 309 g/mol. The van der Waals surface area contributed by atoms with Gasteiger partial charge in [0.05, 0.1) is 16.1 Å². The monoisotopic (exact) mass is 315 g/mol. The van der Waals surface area contributed by atoms with Crippen molar-refractivity contribution in [1.82, 2.24) is 0 Å². The van der Waals surface area contributed by atoms with Crippen LogP contribution in [0.25, 0.3) is 0 Å². The molecule has 2 N–H and O–H groups in total. The molecule has 0 bridgehead atoms. The van der Waals surface area contributed by atoms with Gasteiger partial charge in [0.2, 0.25) is 0 Å². The zero-order chi connectivity index (χ0) is 14.0. The van der Waals surface area contributed by atoms with Crippen LogP contribution in [0.2, 0.25) is 10.0 Å². The summed E-state index contributed by atoms with van der Waals surface area (Å²) < 4.78 is 0. The van der Waals surface area contributed by atoms with E-state index in [9.17, 15) is 9.59 Å². The number of thiophene rings is 1. The Labute approximate surface area is 122 Å². The number of anilines is 1. The molecule has 0 aliphatic heterocycles. The first-order valence-corrected chi connectivity index (χ1v) is 6.70. The molecule has 1 heterocycles. The first kappa shape index (κ1) is 13.9. The number of hydrogen-bond acceptors (Lipinski definition) is 3. The van der Waals surface area contributed by atoms with Crippen molar-refractivity contribution in [1.29, 1.82) is 0 Å². The highest BCUT2D eigenvalue weighted by Crippen LogP contribution is 2.26. The molecule has 98 valence electrons. The summed E-state index contributed by atoms with van der Waals surface area (Å²) in [6.07, 6.45) is 0. The maximum absolute atomic E-state index is 12.0. The van der Waals surface area contributed by atoms with Gasteiger partial charge in [-0.1, -0.05) is 23.2 Å². The van der Waals surface area contributed by atoms with Gasteiger partial charge in [0.15, 0.2) is 0 Å². The third kappa shape index (κ3) is 3.07. The van der Waals surface area contributed by atoms with Crippen molar-refractivity contribution in [3.05, 3.63) is 50.8 Å². The van der Waals surface area contributed by atoms with Crippen LogP contribution in [0.3, 0.4) is 0 Å². The standard InChI is InChI=1S/C12H7Cl2NO3S/c13-6-1-2-9(14)8(5-6)10(16)15-11-7(12(17)18)3-4-19-11/h1-5H,(H,15,16)(H,17,18). The van der Waals surface area contributed by atoms with E-state index in [1.165, 1.54) is 18.2 Å². The number of carbonyl (C=O) groups is 2. The lowest BCUT2D eigenvalue weighted by molar-refractivity contribution is 0.0698. The van der Waals surface area contributed by atoms with Crippen LogP contribution in [0.15, 0.2) is 29.6 Å². The van der Waals surface area contributed by atoms with Crippen LogP contribution < -0.4 is 5.32 Å². The highest BCUT2D eigenvalue weighted by atomic mass is 35.5. The topological polar surface area (TPSA) is 66.4 Å². The largest absolute Gasteiger partial charge is 0.478 e. The molecule has 0 unspecified atom stereocenters. The molecule has 0 atom stereocenters. The molecule has 7 heteroatoms. The van der Waals surface area contributed by atoms with Gasteiger partial charge in [-0.2, -0.15) is 0 Å². The number of benzene rings is 1. The van der Waals surface area contributed by atoms with Gasteiger partial charge in [0.1, 0.15) is 5.00 Å². The van der Waals surface area contributed by atoms with Crippen LogP contribution in [0, 0.1) is 0 Å². The third-order valence-corrected chi connectivity index (χ3v) is 3.69. The van der Waals surface area contributed by atoms with Crippen molar-refractivity contribution in [3.63, 3.8) is 0 Å². The van der Waals surface area contributed by atoms with E-state index in [0.29, 0.717) is 5.02 Å². The summed E-state index contributed by atoms with van der Waals surface area (Å²) in [4.78, 5) is 22.9.